The van der Waals surface area contributed by atoms with Gasteiger partial charge in [-0.05, 0) is 102 Å². The Kier molecular flexibility index (Phi) is 10.4. The molecule has 0 aliphatic carbocycles. The average Bonchev–Trinajstić information content (AvgIpc) is 3.65. The highest BCUT2D eigenvalue weighted by atomic mass is 79.9. The van der Waals surface area contributed by atoms with E-state index in [1.165, 1.54) is 35.4 Å². The van der Waals surface area contributed by atoms with Crippen LogP contribution >= 0.6 is 27.7 Å². The number of carbonyl (C=O) groups excluding carboxylic acids is 2. The number of sulfonamides is 1. The summed E-state index contributed by atoms with van der Waals surface area (Å²) < 4.78 is 40.1. The van der Waals surface area contributed by atoms with Crippen molar-refractivity contribution in [2.45, 2.75) is 11.4 Å². The summed E-state index contributed by atoms with van der Waals surface area (Å²) in [5, 5.41) is 16.6. The maximum Gasteiger partial charge on any atom is 0.267 e. The highest BCUT2D eigenvalue weighted by Gasteiger charge is 2.34. The summed E-state index contributed by atoms with van der Waals surface area (Å²) in [5.74, 6) is 0.841. The monoisotopic (exact) mass is 723 g/mol. The number of primary sulfonamides is 1. The van der Waals surface area contributed by atoms with Crippen LogP contribution in [0, 0.1) is 0 Å². The van der Waals surface area contributed by atoms with Crippen molar-refractivity contribution >= 4 is 72.7 Å². The first-order chi connectivity index (χ1) is 22.1. The minimum absolute atomic E-state index is 0.0754. The molecule has 1 aliphatic rings. The summed E-state index contributed by atoms with van der Waals surface area (Å²) in [6, 6.07) is 21.4. The Labute approximate surface area is 277 Å². The zero-order valence-electron chi connectivity index (χ0n) is 24.1. The Morgan fingerprint density at radius 3 is 2.54 bits per heavy atom. The van der Waals surface area contributed by atoms with Crippen molar-refractivity contribution < 1.29 is 31.9 Å². The molecule has 0 saturated carbocycles. The molecule has 2 amide bonds. The van der Waals surface area contributed by atoms with Gasteiger partial charge in [-0.25, -0.2) is 13.6 Å². The molecule has 2 heterocycles. The van der Waals surface area contributed by atoms with Gasteiger partial charge in [0.2, 0.25) is 10.0 Å². The zero-order chi connectivity index (χ0) is 32.7. The number of nitrogens with one attached hydrogen (secondary N) is 1. The molecule has 0 unspecified atom stereocenters. The summed E-state index contributed by atoms with van der Waals surface area (Å²) in [6.07, 6.45) is 4.76. The largest absolute Gasteiger partial charge is 0.497 e. The fourth-order valence-corrected chi connectivity index (χ4v) is 5.91. The van der Waals surface area contributed by atoms with E-state index in [-0.39, 0.29) is 24.0 Å². The quantitative estimate of drug-likeness (QED) is 0.121. The third-order valence-electron chi connectivity index (χ3n) is 6.33. The third kappa shape index (κ3) is 8.51. The highest BCUT2D eigenvalue weighted by molar-refractivity contribution is 9.10. The lowest BCUT2D eigenvalue weighted by Crippen LogP contribution is -2.28. The van der Waals surface area contributed by atoms with Gasteiger partial charge in [0.05, 0.1) is 35.9 Å². The topological polar surface area (TPSA) is 166 Å². The number of hydrogen-bond acceptors (Lipinski definition) is 10. The van der Waals surface area contributed by atoms with E-state index in [2.05, 4.69) is 31.4 Å². The van der Waals surface area contributed by atoms with Gasteiger partial charge in [0.1, 0.15) is 17.3 Å². The van der Waals surface area contributed by atoms with Crippen LogP contribution in [0.5, 0.6) is 11.5 Å². The van der Waals surface area contributed by atoms with Crippen molar-refractivity contribution in [3.05, 3.63) is 111 Å². The summed E-state index contributed by atoms with van der Waals surface area (Å²) in [7, 11) is -2.27. The predicted octanol–water partition coefficient (Wildman–Crippen LogP) is 5.22. The fraction of sp³-hybridized carbons (Fsp3) is 0.0968. The smallest absolute Gasteiger partial charge is 0.267 e. The molecular formula is C31H26BrN5O7S2. The van der Waals surface area contributed by atoms with Crippen LogP contribution in [0.15, 0.2) is 114 Å². The highest BCUT2D eigenvalue weighted by Crippen LogP contribution is 2.36. The number of benzene rings is 3. The van der Waals surface area contributed by atoms with Gasteiger partial charge in [0, 0.05) is 15.7 Å². The zero-order valence-corrected chi connectivity index (χ0v) is 27.3. The third-order valence-corrected chi connectivity index (χ3v) is 8.75. The van der Waals surface area contributed by atoms with Crippen molar-refractivity contribution in [3.63, 3.8) is 0 Å². The Morgan fingerprint density at radius 1 is 1.11 bits per heavy atom. The van der Waals surface area contributed by atoms with Crippen molar-refractivity contribution in [2.75, 3.05) is 19.0 Å². The number of hydrogen-bond donors (Lipinski definition) is 2. The Hall–Kier alpha value is -4.70. The van der Waals surface area contributed by atoms with E-state index >= 15 is 0 Å². The van der Waals surface area contributed by atoms with Crippen LogP contribution in [0.4, 0.5) is 5.69 Å². The van der Waals surface area contributed by atoms with Crippen LogP contribution in [0.1, 0.15) is 16.9 Å². The van der Waals surface area contributed by atoms with E-state index in [1.807, 2.05) is 24.3 Å². The van der Waals surface area contributed by atoms with E-state index in [0.717, 1.165) is 21.8 Å². The molecule has 0 bridgehead atoms. The maximum atomic E-state index is 13.6. The van der Waals surface area contributed by atoms with Gasteiger partial charge in [-0.1, -0.05) is 15.9 Å². The van der Waals surface area contributed by atoms with Crippen LogP contribution in [0.3, 0.4) is 0 Å². The minimum Gasteiger partial charge on any atom is -0.497 e. The lowest BCUT2D eigenvalue weighted by molar-refractivity contribution is -0.122. The van der Waals surface area contributed by atoms with E-state index in [1.54, 1.807) is 49.7 Å². The number of rotatable bonds is 11. The van der Waals surface area contributed by atoms with Crippen LogP contribution in [-0.4, -0.2) is 50.2 Å². The van der Waals surface area contributed by atoms with Gasteiger partial charge < -0.3 is 19.2 Å². The van der Waals surface area contributed by atoms with Crippen molar-refractivity contribution in [1.82, 2.24) is 4.90 Å². The van der Waals surface area contributed by atoms with E-state index in [9.17, 15) is 18.0 Å². The number of amides is 2. The Balaban J connectivity index is 1.33. The second kappa shape index (κ2) is 14.6. The predicted molar refractivity (Wildman–Crippen MR) is 179 cm³/mol. The van der Waals surface area contributed by atoms with Gasteiger partial charge in [-0.3, -0.25) is 14.5 Å². The molecule has 236 valence electrons. The molecule has 12 nitrogen and oxygen atoms in total. The second-order valence-corrected chi connectivity index (χ2v) is 13.1. The number of methoxy groups -OCH3 is 1. The van der Waals surface area contributed by atoms with Gasteiger partial charge >= 0.3 is 0 Å². The SMILES string of the molecule is COc1ccc(/C=N/N=C2\S/C(=C\c3cc(Br)ccc3OCC(=O)Nc3ccc(S(N)(=O)=O)cc3)C(=O)N2Cc2ccco2)cc1. The van der Waals surface area contributed by atoms with Crippen molar-refractivity contribution in [3.8, 4) is 11.5 Å². The van der Waals surface area contributed by atoms with Crippen LogP contribution in [-0.2, 0) is 26.2 Å². The number of carbonyl (C=O) groups is 2. The lowest BCUT2D eigenvalue weighted by atomic mass is 10.2. The molecule has 4 aromatic rings. The van der Waals surface area contributed by atoms with E-state index < -0.39 is 15.9 Å². The molecule has 1 aromatic heterocycles. The van der Waals surface area contributed by atoms with Gasteiger partial charge in [0.25, 0.3) is 11.8 Å². The number of thioether (sulfide) groups is 1. The van der Waals surface area contributed by atoms with Crippen molar-refractivity contribution in [2.24, 2.45) is 15.3 Å². The Bertz CT molecular complexity index is 1930. The number of anilines is 1. The standard InChI is InChI=1S/C31H26BrN5O7S2/c1-42-24-9-4-20(5-10-24)17-34-36-31-37(18-25-3-2-14-43-25)30(39)28(45-31)16-21-15-22(32)6-13-27(21)44-19-29(38)35-23-7-11-26(12-8-23)46(33,40)41/h2-17H,18-19H2,1H3,(H,35,38)(H2,33,40,41)/b28-16-,34-17+,36-31-. The number of nitrogens with two attached hydrogens (primary N) is 1. The molecule has 0 radical (unpaired) electrons. The second-order valence-electron chi connectivity index (χ2n) is 9.57. The summed E-state index contributed by atoms with van der Waals surface area (Å²) in [6.45, 7) is -0.208. The first kappa shape index (κ1) is 32.7. The molecule has 5 rings (SSSR count). The average molecular weight is 725 g/mol. The van der Waals surface area contributed by atoms with Crippen molar-refractivity contribution in [1.29, 1.82) is 0 Å². The van der Waals surface area contributed by atoms with Crippen LogP contribution < -0.4 is 19.9 Å². The Morgan fingerprint density at radius 2 is 1.87 bits per heavy atom. The lowest BCUT2D eigenvalue weighted by Gasteiger charge is -2.13. The summed E-state index contributed by atoms with van der Waals surface area (Å²) in [5.41, 5.74) is 1.70. The van der Waals surface area contributed by atoms with Crippen LogP contribution in [0.2, 0.25) is 0 Å². The molecule has 1 aliphatic heterocycles. The number of halogens is 1. The summed E-state index contributed by atoms with van der Waals surface area (Å²) in [4.78, 5) is 27.9. The molecule has 15 heteroatoms. The van der Waals surface area contributed by atoms with E-state index in [0.29, 0.717) is 38.6 Å². The van der Waals surface area contributed by atoms with Gasteiger partial charge in [-0.15, -0.1) is 5.10 Å². The molecule has 1 saturated heterocycles. The molecule has 1 fully saturated rings. The molecule has 46 heavy (non-hydrogen) atoms. The first-order valence-electron chi connectivity index (χ1n) is 13.4. The minimum atomic E-state index is -3.85. The summed E-state index contributed by atoms with van der Waals surface area (Å²) >= 11 is 4.59. The molecule has 0 atom stereocenters. The van der Waals surface area contributed by atoms with Gasteiger partial charge in [-0.2, -0.15) is 5.10 Å². The molecular weight excluding hydrogens is 698 g/mol. The normalized spacial score (nSPS) is 15.2. The fourth-order valence-electron chi connectivity index (χ4n) is 4.09. The van der Waals surface area contributed by atoms with Crippen LogP contribution in [0.25, 0.3) is 6.08 Å². The van der Waals surface area contributed by atoms with E-state index in [4.69, 9.17) is 19.0 Å². The molecule has 3 N–H and O–H groups in total. The first-order valence-corrected chi connectivity index (χ1v) is 16.6. The van der Waals surface area contributed by atoms with Gasteiger partial charge in [0.15, 0.2) is 11.8 Å². The molecule has 0 spiro atoms. The number of nitrogens with zero attached hydrogens (tertiary/aromatic N) is 3. The number of amidine groups is 1. The molecule has 3 aromatic carbocycles. The number of ether oxygens (including phenoxy) is 2. The maximum absolute atomic E-state index is 13.6. The number of furan rings is 1.